The minimum absolute atomic E-state index is 0.0410. The lowest BCUT2D eigenvalue weighted by Gasteiger charge is -2.50. The molecule has 0 saturated carbocycles. The monoisotopic (exact) mass is 1990 g/mol. The number of esters is 6. The number of carbonyl (C=O) groups excluding carboxylic acids is 9. The normalized spacial score (nSPS) is 38.0. The maximum atomic E-state index is 15.1. The second kappa shape index (κ2) is 49.3. The highest BCUT2D eigenvalue weighted by atomic mass is 16.7. The van der Waals surface area contributed by atoms with Crippen molar-refractivity contribution in [1.29, 1.82) is 0 Å². The molecule has 0 radical (unpaired) electrons. The third kappa shape index (κ3) is 27.0. The van der Waals surface area contributed by atoms with Crippen LogP contribution < -0.4 is 0 Å². The Morgan fingerprint density at radius 1 is 0.458 bits per heavy atom. The number of ether oxygens (including phenoxy) is 19. The molecule has 5 saturated heterocycles. The van der Waals surface area contributed by atoms with Crippen LogP contribution in [0.5, 0.6) is 0 Å². The number of hydrogen-bond donors (Lipinski definition) is 2. The summed E-state index contributed by atoms with van der Waals surface area (Å²) in [7, 11) is 13.6. The number of allylic oxidation sites excluding steroid dienone is 1. The number of aliphatic hydroxyl groups is 2. The number of carbonyl (C=O) groups is 9. The molecule has 6 aliphatic rings. The van der Waals surface area contributed by atoms with Crippen molar-refractivity contribution >= 4 is 53.5 Å². The van der Waals surface area contributed by atoms with Crippen LogP contribution in [-0.2, 0) is 109 Å². The number of benzene rings is 4. The summed E-state index contributed by atoms with van der Waals surface area (Å²) >= 11 is 0. The number of Topliss-reactive ketones (excluding diaryl/α,β-unsaturated/α-hetero) is 2. The predicted octanol–water partition coefficient (Wildman–Crippen LogP) is 14.2. The standard InChI is InChI=1S/C56H77N3O15.C52H77NO15/c1-15-42-54(8,74-53(64)59-27-26-57-32-59)29-33(2)44(60)34(3)30-55(9,65-13)47(73-52-46(41(58(11)12)28-35(4)67-52)71-50(62)39-22-18-16-19-23-39)36(5)45(37(6)49(61)69-42)70-43-31-56(10,66-14)48(38(7)68-43)72-51(63)40-24-20-17-21-25-40;1-15-38-52(10,59)43(55)31(4)40(54)29(2)27-50(8,60-13)44(68-49-42(37(53(11)12)26-30(3)62-49)66-47(57)35-22-18-16-19-23-35)32(5)41(33(6)46(56)64-38)65-39-28-51(9,61-14)45(34(7)63-39)67-48(58)36-24-20-17-21-25-36/h16-27,29,32,34-38,41-43,45-48,52H,15,28,30-31H2,1-14H3;16-25,29-34,37-39,41-45,49,55,59H,15,26-28H2,1-14H3/b33-29+;/t34-,35-,36+,37-,38+,41+,42-,43?,45+,46-,47-,48+,52?,54+,55+,56-;29-,30-,31+,32+,33-,34+,37+,38-,39?,41+,42-,43-,44-,45+,49?,50+,51-,52-/m11/s1. The van der Waals surface area contributed by atoms with Gasteiger partial charge in [0.25, 0.3) is 0 Å². The van der Waals surface area contributed by atoms with Gasteiger partial charge in [0.1, 0.15) is 41.1 Å². The van der Waals surface area contributed by atoms with E-state index in [2.05, 4.69) is 4.98 Å². The average Bonchev–Trinajstić information content (AvgIpc) is 0.765. The van der Waals surface area contributed by atoms with Gasteiger partial charge >= 0.3 is 41.9 Å². The SMILES string of the molecule is CC[C@H]1OC(=O)[C@H](C)[C@@H](OC2C[C@@](C)(OC)[C@@H](OC(=O)c3ccccc3)[C@H](C)O2)[C@H](C)[C@@H](OC2O[C@H](C)C[C@H](N(C)C)[C@H]2OC(=O)c2ccccc2)[C@@](C)(OC)C[C@@H](C)C(=O)/C(C)=C/[C@]1(C)OC(=O)n1ccnc1.CC[C@H]1OC(=O)[C@H](C)[C@@H](OC2C[C@@](C)(OC)[C@@H](OC(=O)c3ccccc3)[C@H](C)O2)[C@H](C)[C@@H](OC2O[C@H](C)C[C@H](N(C)C)[C@H]2OC(=O)c2ccccc2)[C@@](C)(OC)C[C@@H](C)C(=O)[C@H](C)[C@@H](O)[C@]1(C)O. The lowest BCUT2D eigenvalue weighted by molar-refractivity contribution is -0.318. The van der Waals surface area contributed by atoms with Gasteiger partial charge in [-0.05, 0) is 217 Å². The van der Waals surface area contributed by atoms with Crippen LogP contribution in [-0.4, -0.2) is 302 Å². The Bertz CT molecular complexity index is 5000. The molecule has 4 unspecified atom stereocenters. The first-order valence-electron chi connectivity index (χ1n) is 49.5. The highest BCUT2D eigenvalue weighted by Gasteiger charge is 2.59. The van der Waals surface area contributed by atoms with Crippen molar-refractivity contribution in [2.45, 2.75) is 352 Å². The summed E-state index contributed by atoms with van der Waals surface area (Å²) in [6, 6.07) is 33.7. The van der Waals surface area contributed by atoms with Gasteiger partial charge in [-0.25, -0.2) is 33.5 Å². The molecule has 11 rings (SSSR count). The smallest absolute Gasteiger partial charge is 0.420 e. The Hall–Kier alpha value is -9.18. The first kappa shape index (κ1) is 115. The van der Waals surface area contributed by atoms with Gasteiger partial charge in [-0.3, -0.25) is 19.2 Å². The molecule has 34 atom stereocenters. The maximum Gasteiger partial charge on any atom is 0.420 e. The van der Waals surface area contributed by atoms with E-state index in [1.165, 1.54) is 60.2 Å². The van der Waals surface area contributed by atoms with Crippen LogP contribution in [0.3, 0.4) is 0 Å². The summed E-state index contributed by atoms with van der Waals surface area (Å²) in [5, 5.41) is 23.6. The second-order valence-corrected chi connectivity index (χ2v) is 41.1. The molecule has 0 aliphatic carbocycles. The Morgan fingerprint density at radius 2 is 0.810 bits per heavy atom. The number of nitrogens with zero attached hydrogens (tertiary/aromatic N) is 4. The molecule has 7 heterocycles. The van der Waals surface area contributed by atoms with Crippen molar-refractivity contribution in [3.63, 3.8) is 0 Å². The largest absolute Gasteiger partial charge is 0.459 e. The fourth-order valence-electron chi connectivity index (χ4n) is 21.2. The Balaban J connectivity index is 0.000000293. The summed E-state index contributed by atoms with van der Waals surface area (Å²) in [5.41, 5.74) is -7.07. The summed E-state index contributed by atoms with van der Waals surface area (Å²) in [6.45, 7) is 34.7. The molecule has 1 aromatic heterocycles. The van der Waals surface area contributed by atoms with Crippen molar-refractivity contribution in [3.05, 3.63) is 174 Å². The van der Waals surface area contributed by atoms with Gasteiger partial charge in [0, 0.05) is 83.3 Å². The summed E-state index contributed by atoms with van der Waals surface area (Å²) in [6.07, 6.45) is -12.6. The molecule has 34 heteroatoms. The predicted molar refractivity (Wildman–Crippen MR) is 521 cm³/mol. The van der Waals surface area contributed by atoms with E-state index in [9.17, 15) is 48.6 Å². The van der Waals surface area contributed by atoms with Gasteiger partial charge < -0.3 is 110 Å². The molecular formula is C108H154N4O30. The topological polar surface area (TPSA) is 394 Å². The van der Waals surface area contributed by atoms with E-state index in [1.54, 1.807) is 212 Å². The molecule has 6 aliphatic heterocycles. The minimum Gasteiger partial charge on any atom is -0.459 e. The number of ketones is 2. The number of likely N-dealkylation sites (N-methyl/N-ethyl adjacent to an activating group) is 2. The number of rotatable bonds is 25. The van der Waals surface area contributed by atoms with Gasteiger partial charge in [-0.1, -0.05) is 121 Å². The number of imidazole rings is 1. The third-order valence-corrected chi connectivity index (χ3v) is 29.7. The molecule has 5 fully saturated rings. The lowest BCUT2D eigenvalue weighted by Crippen LogP contribution is -2.62. The summed E-state index contributed by atoms with van der Waals surface area (Å²) in [4.78, 5) is 135. The molecule has 0 bridgehead atoms. The molecule has 34 nitrogen and oxygen atoms in total. The van der Waals surface area contributed by atoms with E-state index in [0.717, 1.165) is 4.57 Å². The average molecular weight is 1990 g/mol. The van der Waals surface area contributed by atoms with Crippen LogP contribution in [0.1, 0.15) is 231 Å². The molecular weight excluding hydrogens is 1830 g/mol. The zero-order chi connectivity index (χ0) is 105. The second-order valence-electron chi connectivity index (χ2n) is 41.1. The van der Waals surface area contributed by atoms with E-state index in [-0.39, 0.29) is 80.0 Å². The summed E-state index contributed by atoms with van der Waals surface area (Å²) < 4.78 is 125. The van der Waals surface area contributed by atoms with Gasteiger partial charge in [0.2, 0.25) is 0 Å². The number of aromatic nitrogens is 2. The van der Waals surface area contributed by atoms with Crippen LogP contribution in [0, 0.1) is 41.4 Å². The molecule has 2 N–H and O–H groups in total. The Morgan fingerprint density at radius 3 is 1.15 bits per heavy atom. The van der Waals surface area contributed by atoms with E-state index in [4.69, 9.17) is 90.0 Å². The Kier molecular flexibility index (Phi) is 39.9. The van der Waals surface area contributed by atoms with Crippen molar-refractivity contribution in [2.24, 2.45) is 41.4 Å². The quantitative estimate of drug-likeness (QED) is 0.0405. The molecule has 142 heavy (non-hydrogen) atoms. The fourth-order valence-corrected chi connectivity index (χ4v) is 21.2. The number of methoxy groups -OCH3 is 4. The van der Waals surface area contributed by atoms with E-state index in [1.807, 2.05) is 78.7 Å². The van der Waals surface area contributed by atoms with Crippen LogP contribution in [0.25, 0.3) is 0 Å². The maximum absolute atomic E-state index is 15.1. The van der Waals surface area contributed by atoms with Crippen LogP contribution in [0.4, 0.5) is 4.79 Å². The van der Waals surface area contributed by atoms with Crippen molar-refractivity contribution in [1.82, 2.24) is 19.4 Å². The number of cyclic esters (lactones) is 2. The third-order valence-electron chi connectivity index (χ3n) is 29.7. The van der Waals surface area contributed by atoms with Crippen molar-refractivity contribution in [2.75, 3.05) is 56.6 Å². The molecule has 0 amide bonds. The van der Waals surface area contributed by atoms with E-state index in [0.29, 0.717) is 35.1 Å². The van der Waals surface area contributed by atoms with Crippen molar-refractivity contribution < 1.29 is 143 Å². The highest BCUT2D eigenvalue weighted by molar-refractivity contribution is 5.97. The van der Waals surface area contributed by atoms with Gasteiger partial charge in [-0.2, -0.15) is 0 Å². The van der Waals surface area contributed by atoms with E-state index < -0.39 is 221 Å². The van der Waals surface area contributed by atoms with Gasteiger partial charge in [0.15, 0.2) is 61.0 Å². The molecule has 4 aromatic carbocycles. The number of aliphatic hydroxyl groups excluding tert-OH is 1. The first-order chi connectivity index (χ1) is 66.9. The molecule has 786 valence electrons. The van der Waals surface area contributed by atoms with Gasteiger partial charge in [0.05, 0.1) is 112 Å². The molecule has 0 spiro atoms. The lowest BCUT2D eigenvalue weighted by atomic mass is 9.74. The van der Waals surface area contributed by atoms with Gasteiger partial charge in [-0.15, -0.1) is 0 Å². The summed E-state index contributed by atoms with van der Waals surface area (Å²) in [5.74, 6) is -10.9. The number of hydrogen-bond acceptors (Lipinski definition) is 33. The van der Waals surface area contributed by atoms with Crippen LogP contribution in [0.15, 0.2) is 152 Å². The fraction of sp³-hybridized carbons (Fsp3) is 0.648. The van der Waals surface area contributed by atoms with Crippen molar-refractivity contribution in [3.8, 4) is 0 Å². The molecule has 5 aromatic rings. The zero-order valence-corrected chi connectivity index (χ0v) is 87.8. The first-order valence-corrected chi connectivity index (χ1v) is 49.5. The minimum atomic E-state index is -2.03. The highest BCUT2D eigenvalue weighted by Crippen LogP contribution is 2.47. The van der Waals surface area contributed by atoms with E-state index >= 15 is 4.79 Å². The van der Waals surface area contributed by atoms with Crippen LogP contribution in [0.2, 0.25) is 0 Å². The van der Waals surface area contributed by atoms with Crippen LogP contribution >= 0.6 is 0 Å². The zero-order valence-electron chi connectivity index (χ0n) is 87.8. The Labute approximate surface area is 836 Å².